The number of hydrogen-bond acceptors (Lipinski definition) is 3. The normalized spacial score (nSPS) is 10.5. The summed E-state index contributed by atoms with van der Waals surface area (Å²) in [4.78, 5) is 11.8. The number of carbonyl (C=O) groups excluding carboxylic acids is 1. The quantitative estimate of drug-likeness (QED) is 0.459. The van der Waals surface area contributed by atoms with E-state index in [-0.39, 0.29) is 6.03 Å². The highest BCUT2D eigenvalue weighted by molar-refractivity contribution is 14.1. The van der Waals surface area contributed by atoms with E-state index >= 15 is 0 Å². The molecule has 0 unspecified atom stereocenters. The smallest absolute Gasteiger partial charge is 0.339 e. The number of nitrogens with zero attached hydrogens (tertiary/aromatic N) is 1. The number of anilines is 1. The predicted octanol–water partition coefficient (Wildman–Crippen LogP) is 3.76. The van der Waals surface area contributed by atoms with Gasteiger partial charge in [-0.3, -0.25) is 0 Å². The molecule has 0 fully saturated rings. The fraction of sp³-hybridized carbons (Fsp3) is 0.125. The van der Waals surface area contributed by atoms with Crippen LogP contribution in [0.2, 0.25) is 0 Å². The number of hydrogen-bond donors (Lipinski definition) is 2. The topological polar surface area (TPSA) is 62.7 Å². The Bertz CT molecular complexity index is 702. The first-order valence-electron chi connectivity index (χ1n) is 6.59. The zero-order valence-corrected chi connectivity index (χ0v) is 14.4. The number of carbonyl (C=O) groups is 1. The minimum atomic E-state index is -0.381. The average Bonchev–Trinajstić information content (AvgIpc) is 2.50. The maximum atomic E-state index is 11.8. The van der Waals surface area contributed by atoms with Crippen molar-refractivity contribution < 1.29 is 9.53 Å². The van der Waals surface area contributed by atoms with E-state index in [0.717, 1.165) is 26.1 Å². The molecule has 22 heavy (non-hydrogen) atoms. The number of rotatable bonds is 4. The number of benzene rings is 2. The maximum Gasteiger partial charge on any atom is 0.339 e. The van der Waals surface area contributed by atoms with Crippen LogP contribution in [0.5, 0.6) is 5.75 Å². The van der Waals surface area contributed by atoms with Crippen LogP contribution >= 0.6 is 22.6 Å². The number of amides is 2. The minimum absolute atomic E-state index is 0.381. The number of halogens is 1. The van der Waals surface area contributed by atoms with Gasteiger partial charge in [-0.15, -0.1) is 0 Å². The number of methoxy groups -OCH3 is 1. The summed E-state index contributed by atoms with van der Waals surface area (Å²) >= 11 is 2.18. The van der Waals surface area contributed by atoms with Crippen molar-refractivity contribution in [2.24, 2.45) is 5.10 Å². The van der Waals surface area contributed by atoms with Crippen LogP contribution in [-0.2, 0) is 0 Å². The van der Waals surface area contributed by atoms with E-state index < -0.39 is 0 Å². The molecule has 0 aromatic heterocycles. The van der Waals surface area contributed by atoms with Gasteiger partial charge in [-0.05, 0) is 64.9 Å². The van der Waals surface area contributed by atoms with E-state index in [1.807, 2.05) is 49.4 Å². The second kappa shape index (κ2) is 7.79. The first kappa shape index (κ1) is 16.3. The fourth-order valence-electron chi connectivity index (χ4n) is 1.79. The number of urea groups is 1. The van der Waals surface area contributed by atoms with E-state index in [0.29, 0.717) is 0 Å². The lowest BCUT2D eigenvalue weighted by molar-refractivity contribution is 0.252. The van der Waals surface area contributed by atoms with E-state index in [2.05, 4.69) is 38.4 Å². The van der Waals surface area contributed by atoms with E-state index in [1.165, 1.54) is 0 Å². The molecule has 0 radical (unpaired) electrons. The van der Waals surface area contributed by atoms with Gasteiger partial charge < -0.3 is 10.1 Å². The summed E-state index contributed by atoms with van der Waals surface area (Å²) in [7, 11) is 1.63. The molecule has 2 aromatic rings. The molecule has 5 nitrogen and oxygen atoms in total. The average molecular weight is 409 g/mol. The molecule has 0 saturated carbocycles. The van der Waals surface area contributed by atoms with Crippen LogP contribution < -0.4 is 15.5 Å². The molecule has 0 spiro atoms. The molecule has 114 valence electrons. The van der Waals surface area contributed by atoms with Gasteiger partial charge >= 0.3 is 6.03 Å². The Hall–Kier alpha value is -2.09. The summed E-state index contributed by atoms with van der Waals surface area (Å²) in [5.41, 5.74) is 5.07. The van der Waals surface area contributed by atoms with Crippen molar-refractivity contribution in [3.8, 4) is 5.75 Å². The van der Waals surface area contributed by atoms with Crippen molar-refractivity contribution >= 4 is 40.5 Å². The van der Waals surface area contributed by atoms with Crippen molar-refractivity contribution in [1.29, 1.82) is 0 Å². The minimum Gasteiger partial charge on any atom is -0.496 e. The lowest BCUT2D eigenvalue weighted by Gasteiger charge is -2.07. The van der Waals surface area contributed by atoms with Gasteiger partial charge in [0.15, 0.2) is 0 Å². The van der Waals surface area contributed by atoms with Gasteiger partial charge in [0.05, 0.1) is 16.9 Å². The number of ether oxygens (including phenoxy) is 1. The van der Waals surface area contributed by atoms with Crippen molar-refractivity contribution in [2.75, 3.05) is 12.4 Å². The van der Waals surface area contributed by atoms with Gasteiger partial charge in [0.1, 0.15) is 5.75 Å². The lowest BCUT2D eigenvalue weighted by atomic mass is 10.2. The Balaban J connectivity index is 1.93. The summed E-state index contributed by atoms with van der Waals surface area (Å²) in [6.45, 7) is 1.93. The number of nitrogens with one attached hydrogen (secondary N) is 2. The number of hydrazone groups is 1. The highest BCUT2D eigenvalue weighted by Crippen LogP contribution is 2.20. The van der Waals surface area contributed by atoms with Crippen LogP contribution in [0.3, 0.4) is 0 Å². The third-order valence-electron chi connectivity index (χ3n) is 2.95. The Morgan fingerprint density at radius 3 is 2.73 bits per heavy atom. The molecule has 0 aliphatic heterocycles. The van der Waals surface area contributed by atoms with Crippen LogP contribution in [0.4, 0.5) is 10.5 Å². The Labute approximate surface area is 142 Å². The summed E-state index contributed by atoms with van der Waals surface area (Å²) in [6.07, 6.45) is 1.58. The van der Waals surface area contributed by atoms with Crippen molar-refractivity contribution in [3.05, 3.63) is 57.2 Å². The van der Waals surface area contributed by atoms with E-state index in [9.17, 15) is 4.79 Å². The molecule has 0 aliphatic carbocycles. The van der Waals surface area contributed by atoms with Gasteiger partial charge in [0, 0.05) is 5.69 Å². The molecule has 0 atom stereocenters. The van der Waals surface area contributed by atoms with Crippen LogP contribution in [0.1, 0.15) is 11.1 Å². The molecule has 0 saturated heterocycles. The van der Waals surface area contributed by atoms with Gasteiger partial charge in [-0.1, -0.05) is 18.2 Å². The molecular weight excluding hydrogens is 393 g/mol. The highest BCUT2D eigenvalue weighted by Gasteiger charge is 2.02. The number of para-hydroxylation sites is 1. The van der Waals surface area contributed by atoms with E-state index in [1.54, 1.807) is 13.3 Å². The molecule has 2 rings (SSSR count). The van der Waals surface area contributed by atoms with Gasteiger partial charge in [-0.25, -0.2) is 10.2 Å². The maximum absolute atomic E-state index is 11.8. The largest absolute Gasteiger partial charge is 0.496 e. The lowest BCUT2D eigenvalue weighted by Crippen LogP contribution is -2.24. The molecule has 6 heteroatoms. The molecule has 2 amide bonds. The summed E-state index contributed by atoms with van der Waals surface area (Å²) in [5, 5.41) is 6.67. The molecule has 0 heterocycles. The first-order valence-corrected chi connectivity index (χ1v) is 7.67. The van der Waals surface area contributed by atoms with Crippen molar-refractivity contribution in [2.45, 2.75) is 6.92 Å². The van der Waals surface area contributed by atoms with Crippen LogP contribution in [0.25, 0.3) is 0 Å². The highest BCUT2D eigenvalue weighted by atomic mass is 127. The van der Waals surface area contributed by atoms with E-state index in [4.69, 9.17) is 4.74 Å². The van der Waals surface area contributed by atoms with Crippen LogP contribution in [-0.4, -0.2) is 19.4 Å². The Morgan fingerprint density at radius 1 is 1.27 bits per heavy atom. The molecule has 0 bridgehead atoms. The van der Waals surface area contributed by atoms with Crippen molar-refractivity contribution in [3.63, 3.8) is 0 Å². The molecule has 2 aromatic carbocycles. The fourth-order valence-corrected chi connectivity index (χ4v) is 2.55. The second-order valence-electron chi connectivity index (χ2n) is 4.53. The summed E-state index contributed by atoms with van der Waals surface area (Å²) in [5.74, 6) is 0.808. The third-order valence-corrected chi connectivity index (χ3v) is 3.79. The monoisotopic (exact) mass is 409 g/mol. The Morgan fingerprint density at radius 2 is 2.05 bits per heavy atom. The Kier molecular flexibility index (Phi) is 5.76. The summed E-state index contributed by atoms with van der Waals surface area (Å²) in [6, 6.07) is 12.8. The summed E-state index contributed by atoms with van der Waals surface area (Å²) < 4.78 is 6.17. The molecule has 0 aliphatic rings. The third kappa shape index (κ3) is 4.45. The first-order chi connectivity index (χ1) is 10.6. The molecular formula is C16H16IN3O2. The molecule has 2 N–H and O–H groups in total. The van der Waals surface area contributed by atoms with Crippen LogP contribution in [0, 0.1) is 10.5 Å². The second-order valence-corrected chi connectivity index (χ2v) is 5.70. The van der Waals surface area contributed by atoms with Gasteiger partial charge in [0.2, 0.25) is 0 Å². The zero-order chi connectivity index (χ0) is 15.9. The zero-order valence-electron chi connectivity index (χ0n) is 12.3. The number of aryl methyl sites for hydroxylation is 1. The predicted molar refractivity (Wildman–Crippen MR) is 96.6 cm³/mol. The van der Waals surface area contributed by atoms with Crippen molar-refractivity contribution in [1.82, 2.24) is 5.43 Å². The standard InChI is InChI=1S/C16H16IN3O2/c1-11-5-3-4-6-14(11)19-16(21)20-18-10-12-7-8-15(22-2)13(17)9-12/h3-10H,1-2H3,(H2,19,20,21). The van der Waals surface area contributed by atoms with Gasteiger partial charge in [0.25, 0.3) is 0 Å². The van der Waals surface area contributed by atoms with Gasteiger partial charge in [-0.2, -0.15) is 5.10 Å². The van der Waals surface area contributed by atoms with Crippen LogP contribution in [0.15, 0.2) is 47.6 Å². The SMILES string of the molecule is COc1ccc(C=NNC(=O)Nc2ccccc2C)cc1I.